The van der Waals surface area contributed by atoms with Gasteiger partial charge >= 0.3 is 0 Å². The maximum atomic E-state index is 9.68. The predicted molar refractivity (Wildman–Crippen MR) is 88.3 cm³/mol. The molecule has 2 heteroatoms. The lowest BCUT2D eigenvalue weighted by Crippen LogP contribution is -2.03. The molecule has 1 aliphatic carbocycles. The largest absolute Gasteiger partial charge is 0.197 e. The first kappa shape index (κ1) is 13.9. The fourth-order valence-corrected chi connectivity index (χ4v) is 3.10. The molecule has 0 fully saturated rings. The Kier molecular flexibility index (Phi) is 4.08. The number of hydrogen-bond donors (Lipinski definition) is 0. The molecule has 1 atom stereocenters. The van der Waals surface area contributed by atoms with Gasteiger partial charge in [0.25, 0.3) is 0 Å². The highest BCUT2D eigenvalue weighted by Crippen LogP contribution is 2.35. The van der Waals surface area contributed by atoms with Crippen LogP contribution in [0, 0.1) is 11.3 Å². The van der Waals surface area contributed by atoms with E-state index in [2.05, 4.69) is 42.5 Å². The van der Waals surface area contributed by atoms with E-state index in [0.717, 1.165) is 29.5 Å². The van der Waals surface area contributed by atoms with E-state index in [1.54, 1.807) is 0 Å². The van der Waals surface area contributed by atoms with Crippen LogP contribution in [0.2, 0.25) is 0 Å². The van der Waals surface area contributed by atoms with Crippen LogP contribution in [0.5, 0.6) is 0 Å². The van der Waals surface area contributed by atoms with Crippen molar-refractivity contribution in [2.75, 3.05) is 5.88 Å². The van der Waals surface area contributed by atoms with Gasteiger partial charge in [-0.3, -0.25) is 0 Å². The molecule has 21 heavy (non-hydrogen) atoms. The number of rotatable bonds is 3. The van der Waals surface area contributed by atoms with Crippen molar-refractivity contribution >= 4 is 23.8 Å². The number of hydrogen-bond acceptors (Lipinski definition) is 1. The number of alkyl halides is 1. The quantitative estimate of drug-likeness (QED) is 0.731. The Balaban J connectivity index is 2.16. The normalized spacial score (nSPS) is 15.7. The number of nitrogens with zero attached hydrogens (tertiary/aromatic N) is 1. The molecule has 3 rings (SSSR count). The summed E-state index contributed by atoms with van der Waals surface area (Å²) in [6, 6.07) is 16.9. The molecule has 0 aromatic heterocycles. The minimum atomic E-state index is -0.206. The third kappa shape index (κ3) is 2.60. The first-order valence-corrected chi connectivity index (χ1v) is 7.73. The summed E-state index contributed by atoms with van der Waals surface area (Å²) < 4.78 is 0. The van der Waals surface area contributed by atoms with Crippen molar-refractivity contribution in [3.8, 4) is 6.07 Å². The van der Waals surface area contributed by atoms with Crippen molar-refractivity contribution in [1.82, 2.24) is 0 Å². The summed E-state index contributed by atoms with van der Waals surface area (Å²) in [5, 5.41) is 9.68. The van der Waals surface area contributed by atoms with E-state index >= 15 is 0 Å². The van der Waals surface area contributed by atoms with E-state index in [-0.39, 0.29) is 5.92 Å². The first-order chi connectivity index (χ1) is 10.3. The summed E-state index contributed by atoms with van der Waals surface area (Å²) in [6.07, 6.45) is 6.17. The zero-order chi connectivity index (χ0) is 14.7. The SMILES string of the molecule is N#CC1c2ccccc2C=Cc2c(CCCCl)cccc21. The van der Waals surface area contributed by atoms with Crippen LogP contribution in [0.1, 0.15) is 40.2 Å². The van der Waals surface area contributed by atoms with Gasteiger partial charge in [-0.1, -0.05) is 54.6 Å². The van der Waals surface area contributed by atoms with Gasteiger partial charge in [0.2, 0.25) is 0 Å². The summed E-state index contributed by atoms with van der Waals surface area (Å²) in [7, 11) is 0. The van der Waals surface area contributed by atoms with Crippen LogP contribution >= 0.6 is 11.6 Å². The van der Waals surface area contributed by atoms with Crippen LogP contribution in [0.4, 0.5) is 0 Å². The molecule has 0 aliphatic heterocycles. The molecule has 2 aromatic carbocycles. The Morgan fingerprint density at radius 3 is 2.62 bits per heavy atom. The lowest BCUT2D eigenvalue weighted by atomic mass is 9.87. The van der Waals surface area contributed by atoms with E-state index in [9.17, 15) is 5.26 Å². The Morgan fingerprint density at radius 2 is 1.81 bits per heavy atom. The van der Waals surface area contributed by atoms with Crippen LogP contribution in [0.15, 0.2) is 42.5 Å². The first-order valence-electron chi connectivity index (χ1n) is 7.19. The molecular weight excluding hydrogens is 278 g/mol. The molecule has 0 heterocycles. The minimum Gasteiger partial charge on any atom is -0.197 e. The summed E-state index contributed by atoms with van der Waals surface area (Å²) in [4.78, 5) is 0. The van der Waals surface area contributed by atoms with Crippen molar-refractivity contribution in [1.29, 1.82) is 5.26 Å². The van der Waals surface area contributed by atoms with Gasteiger partial charge in [0, 0.05) is 5.88 Å². The average molecular weight is 294 g/mol. The maximum Gasteiger partial charge on any atom is 0.0974 e. The van der Waals surface area contributed by atoms with Gasteiger partial charge in [0.15, 0.2) is 0 Å². The van der Waals surface area contributed by atoms with E-state index in [0.29, 0.717) is 5.88 Å². The summed E-state index contributed by atoms with van der Waals surface area (Å²) in [6.45, 7) is 0. The summed E-state index contributed by atoms with van der Waals surface area (Å²) >= 11 is 5.83. The summed E-state index contributed by atoms with van der Waals surface area (Å²) in [5.41, 5.74) is 5.78. The number of fused-ring (bicyclic) bond motifs is 2. The molecule has 0 spiro atoms. The zero-order valence-corrected chi connectivity index (χ0v) is 12.5. The molecular formula is C19H16ClN. The van der Waals surface area contributed by atoms with Crippen molar-refractivity contribution < 1.29 is 0 Å². The van der Waals surface area contributed by atoms with Crippen molar-refractivity contribution in [2.45, 2.75) is 18.8 Å². The fourth-order valence-electron chi connectivity index (χ4n) is 2.97. The average Bonchev–Trinajstić information content (AvgIpc) is 2.69. The van der Waals surface area contributed by atoms with E-state index < -0.39 is 0 Å². The third-order valence-corrected chi connectivity index (χ3v) is 4.25. The molecule has 0 bridgehead atoms. The van der Waals surface area contributed by atoms with E-state index in [4.69, 9.17) is 11.6 Å². The molecule has 1 nitrogen and oxygen atoms in total. The van der Waals surface area contributed by atoms with Gasteiger partial charge < -0.3 is 0 Å². The molecule has 2 aromatic rings. The third-order valence-electron chi connectivity index (χ3n) is 3.99. The number of halogens is 1. The highest BCUT2D eigenvalue weighted by atomic mass is 35.5. The number of nitriles is 1. The molecule has 0 amide bonds. The second-order valence-corrected chi connectivity index (χ2v) is 5.61. The highest BCUT2D eigenvalue weighted by molar-refractivity contribution is 6.17. The Bertz CT molecular complexity index is 725. The lowest BCUT2D eigenvalue weighted by molar-refractivity contribution is 0.917. The molecule has 0 saturated heterocycles. The van der Waals surface area contributed by atoms with E-state index in [1.807, 2.05) is 18.2 Å². The zero-order valence-electron chi connectivity index (χ0n) is 11.7. The second-order valence-electron chi connectivity index (χ2n) is 5.24. The van der Waals surface area contributed by atoms with Gasteiger partial charge in [-0.25, -0.2) is 0 Å². The topological polar surface area (TPSA) is 23.8 Å². The fraction of sp³-hybridized carbons (Fsp3) is 0.211. The van der Waals surface area contributed by atoms with Crippen LogP contribution in [0.3, 0.4) is 0 Å². The van der Waals surface area contributed by atoms with Crippen LogP contribution in [0.25, 0.3) is 12.2 Å². The van der Waals surface area contributed by atoms with Crippen molar-refractivity contribution in [3.05, 3.63) is 70.3 Å². The van der Waals surface area contributed by atoms with Crippen LogP contribution < -0.4 is 0 Å². The highest BCUT2D eigenvalue weighted by Gasteiger charge is 2.22. The van der Waals surface area contributed by atoms with E-state index in [1.165, 1.54) is 11.1 Å². The standard InChI is InChI=1S/C19H16ClN/c20-12-4-7-14-6-3-9-18-17(14)11-10-15-5-1-2-8-16(15)19(18)13-21/h1-3,5-6,8-11,19H,4,7,12H2. The van der Waals surface area contributed by atoms with Gasteiger partial charge in [0.1, 0.15) is 0 Å². The monoisotopic (exact) mass is 293 g/mol. The Morgan fingerprint density at radius 1 is 1.00 bits per heavy atom. The molecule has 1 aliphatic rings. The maximum absolute atomic E-state index is 9.68. The molecule has 0 N–H and O–H groups in total. The van der Waals surface area contributed by atoms with Gasteiger partial charge in [0.05, 0.1) is 12.0 Å². The van der Waals surface area contributed by atoms with Crippen molar-refractivity contribution in [3.63, 3.8) is 0 Å². The Hall–Kier alpha value is -2.04. The molecule has 0 radical (unpaired) electrons. The van der Waals surface area contributed by atoms with Gasteiger partial charge in [-0.15, -0.1) is 11.6 Å². The molecule has 1 unspecified atom stereocenters. The van der Waals surface area contributed by atoms with Crippen LogP contribution in [-0.2, 0) is 6.42 Å². The Labute approximate surface area is 130 Å². The number of benzene rings is 2. The van der Waals surface area contributed by atoms with Crippen molar-refractivity contribution in [2.24, 2.45) is 0 Å². The molecule has 104 valence electrons. The predicted octanol–water partition coefficient (Wildman–Crippen LogP) is 5.00. The minimum absolute atomic E-state index is 0.206. The smallest absolute Gasteiger partial charge is 0.0974 e. The molecule has 0 saturated carbocycles. The van der Waals surface area contributed by atoms with Crippen LogP contribution in [-0.4, -0.2) is 5.88 Å². The van der Waals surface area contributed by atoms with Gasteiger partial charge in [-0.2, -0.15) is 5.26 Å². The number of aryl methyl sites for hydroxylation is 1. The van der Waals surface area contributed by atoms with Gasteiger partial charge in [-0.05, 0) is 40.7 Å². The second kappa shape index (κ2) is 6.16. The summed E-state index contributed by atoms with van der Waals surface area (Å²) in [5.74, 6) is 0.456. The lowest BCUT2D eigenvalue weighted by Gasteiger charge is -2.15.